The summed E-state index contributed by atoms with van der Waals surface area (Å²) in [5.74, 6) is -0.00872. The maximum absolute atomic E-state index is 12.2. The molecule has 0 unspecified atom stereocenters. The first-order valence-corrected chi connectivity index (χ1v) is 6.13. The summed E-state index contributed by atoms with van der Waals surface area (Å²) >= 11 is 0. The molecule has 0 bridgehead atoms. The van der Waals surface area contributed by atoms with Crippen molar-refractivity contribution in [2.45, 2.75) is 12.6 Å². The standard InChI is InChI=1S/C13H13F3N4O/c1-19(6-3-13(14,15)16)12(21)10-2-4-18-11(8-10)20-7-5-17-9-20/h2,4-5,7-9H,3,6H2,1H3. The molecule has 5 nitrogen and oxygen atoms in total. The average molecular weight is 298 g/mol. The van der Waals surface area contributed by atoms with Crippen LogP contribution in [0.5, 0.6) is 0 Å². The Bertz CT molecular complexity index is 610. The molecule has 112 valence electrons. The Morgan fingerprint density at radius 1 is 1.38 bits per heavy atom. The van der Waals surface area contributed by atoms with Crippen molar-refractivity contribution in [2.75, 3.05) is 13.6 Å². The fraction of sp³-hybridized carbons (Fsp3) is 0.308. The van der Waals surface area contributed by atoms with Gasteiger partial charge in [-0.1, -0.05) is 0 Å². The number of alkyl halides is 3. The first kappa shape index (κ1) is 15.0. The second-order valence-corrected chi connectivity index (χ2v) is 4.46. The topological polar surface area (TPSA) is 51.0 Å². The number of carbonyl (C=O) groups is 1. The number of carbonyl (C=O) groups excluding carboxylic acids is 1. The summed E-state index contributed by atoms with van der Waals surface area (Å²) in [6, 6.07) is 2.97. The van der Waals surface area contributed by atoms with E-state index in [1.165, 1.54) is 31.7 Å². The van der Waals surface area contributed by atoms with Gasteiger partial charge in [0.1, 0.15) is 12.1 Å². The predicted octanol–water partition coefficient (Wildman–Crippen LogP) is 2.29. The van der Waals surface area contributed by atoms with Crippen LogP contribution < -0.4 is 0 Å². The molecular formula is C13H13F3N4O. The second-order valence-electron chi connectivity index (χ2n) is 4.46. The largest absolute Gasteiger partial charge is 0.390 e. The molecule has 2 aromatic heterocycles. The van der Waals surface area contributed by atoms with E-state index in [2.05, 4.69) is 9.97 Å². The molecule has 1 amide bonds. The SMILES string of the molecule is CN(CCC(F)(F)F)C(=O)c1ccnc(-n2ccnc2)c1. The van der Waals surface area contributed by atoms with Crippen molar-refractivity contribution in [2.24, 2.45) is 0 Å². The highest BCUT2D eigenvalue weighted by Gasteiger charge is 2.28. The van der Waals surface area contributed by atoms with Crippen molar-refractivity contribution in [3.63, 3.8) is 0 Å². The van der Waals surface area contributed by atoms with Gasteiger partial charge in [0.05, 0.1) is 6.42 Å². The van der Waals surface area contributed by atoms with Crippen LogP contribution in [0.3, 0.4) is 0 Å². The lowest BCUT2D eigenvalue weighted by Crippen LogP contribution is -2.30. The summed E-state index contributed by atoms with van der Waals surface area (Å²) in [5.41, 5.74) is 0.276. The summed E-state index contributed by atoms with van der Waals surface area (Å²) in [7, 11) is 1.34. The normalized spacial score (nSPS) is 11.4. The number of halogens is 3. The minimum Gasteiger partial charge on any atom is -0.341 e. The van der Waals surface area contributed by atoms with Crippen molar-refractivity contribution >= 4 is 5.91 Å². The van der Waals surface area contributed by atoms with Crippen molar-refractivity contribution in [3.05, 3.63) is 42.6 Å². The van der Waals surface area contributed by atoms with Crippen LogP contribution in [0.4, 0.5) is 13.2 Å². The molecule has 0 saturated heterocycles. The zero-order chi connectivity index (χ0) is 15.5. The number of pyridine rings is 1. The molecule has 2 heterocycles. The van der Waals surface area contributed by atoms with Crippen LogP contribution in [0.2, 0.25) is 0 Å². The highest BCUT2D eigenvalue weighted by molar-refractivity contribution is 5.94. The monoisotopic (exact) mass is 298 g/mol. The summed E-state index contributed by atoms with van der Waals surface area (Å²) < 4.78 is 38.1. The van der Waals surface area contributed by atoms with E-state index in [9.17, 15) is 18.0 Å². The van der Waals surface area contributed by atoms with Crippen molar-refractivity contribution in [1.29, 1.82) is 0 Å². The maximum Gasteiger partial charge on any atom is 0.390 e. The van der Waals surface area contributed by atoms with Crippen LogP contribution in [0, 0.1) is 0 Å². The third-order valence-corrected chi connectivity index (χ3v) is 2.84. The first-order chi connectivity index (χ1) is 9.87. The van der Waals surface area contributed by atoms with Gasteiger partial charge < -0.3 is 4.90 Å². The number of nitrogens with zero attached hydrogens (tertiary/aromatic N) is 4. The number of rotatable bonds is 4. The minimum atomic E-state index is -4.28. The van der Waals surface area contributed by atoms with Crippen molar-refractivity contribution in [3.8, 4) is 5.82 Å². The molecule has 8 heteroatoms. The van der Waals surface area contributed by atoms with Gasteiger partial charge in [0.15, 0.2) is 0 Å². The summed E-state index contributed by atoms with van der Waals surface area (Å²) in [5, 5.41) is 0. The van der Waals surface area contributed by atoms with E-state index in [1.807, 2.05) is 0 Å². The van der Waals surface area contributed by atoms with E-state index < -0.39 is 18.5 Å². The highest BCUT2D eigenvalue weighted by Crippen LogP contribution is 2.20. The van der Waals surface area contributed by atoms with Gasteiger partial charge >= 0.3 is 6.18 Å². The molecule has 0 spiro atoms. The van der Waals surface area contributed by atoms with Gasteiger partial charge in [-0.15, -0.1) is 0 Å². The van der Waals surface area contributed by atoms with Gasteiger partial charge in [-0.2, -0.15) is 13.2 Å². The lowest BCUT2D eigenvalue weighted by molar-refractivity contribution is -0.136. The first-order valence-electron chi connectivity index (χ1n) is 6.13. The third kappa shape index (κ3) is 4.04. The van der Waals surface area contributed by atoms with E-state index in [1.54, 1.807) is 17.0 Å². The van der Waals surface area contributed by atoms with E-state index in [0.29, 0.717) is 5.82 Å². The van der Waals surface area contributed by atoms with Crippen LogP contribution in [-0.4, -0.2) is 45.1 Å². The zero-order valence-corrected chi connectivity index (χ0v) is 11.2. The highest BCUT2D eigenvalue weighted by atomic mass is 19.4. The average Bonchev–Trinajstić information content (AvgIpc) is 2.97. The maximum atomic E-state index is 12.2. The molecule has 2 aromatic rings. The molecule has 0 aliphatic carbocycles. The summed E-state index contributed by atoms with van der Waals surface area (Å²) in [6.07, 6.45) is 0.850. The number of hydrogen-bond donors (Lipinski definition) is 0. The molecule has 2 rings (SSSR count). The lowest BCUT2D eigenvalue weighted by atomic mass is 10.2. The number of imidazole rings is 1. The fourth-order valence-electron chi connectivity index (χ4n) is 1.70. The van der Waals surface area contributed by atoms with E-state index in [0.717, 1.165) is 4.90 Å². The zero-order valence-electron chi connectivity index (χ0n) is 11.2. The molecule has 0 saturated carbocycles. The van der Waals surface area contributed by atoms with E-state index in [-0.39, 0.29) is 12.1 Å². The summed E-state index contributed by atoms with van der Waals surface area (Å²) in [6.45, 7) is -0.384. The second kappa shape index (κ2) is 5.94. The smallest absolute Gasteiger partial charge is 0.341 e. The molecule has 0 radical (unpaired) electrons. The van der Waals surface area contributed by atoms with E-state index >= 15 is 0 Å². The molecule has 0 N–H and O–H groups in total. The van der Waals surface area contributed by atoms with Gasteiger partial charge in [0.25, 0.3) is 5.91 Å². The van der Waals surface area contributed by atoms with Crippen LogP contribution in [0.1, 0.15) is 16.8 Å². The Morgan fingerprint density at radius 3 is 2.76 bits per heavy atom. The molecule has 0 aliphatic rings. The van der Waals surface area contributed by atoms with Crippen LogP contribution >= 0.6 is 0 Å². The lowest BCUT2D eigenvalue weighted by Gasteiger charge is -2.18. The molecule has 0 fully saturated rings. The molecule has 0 aromatic carbocycles. The Hall–Kier alpha value is -2.38. The van der Waals surface area contributed by atoms with Gasteiger partial charge in [-0.25, -0.2) is 9.97 Å². The molecule has 0 aliphatic heterocycles. The Kier molecular flexibility index (Phi) is 4.25. The van der Waals surface area contributed by atoms with Crippen molar-refractivity contribution < 1.29 is 18.0 Å². The third-order valence-electron chi connectivity index (χ3n) is 2.84. The molecular weight excluding hydrogens is 285 g/mol. The van der Waals surface area contributed by atoms with Crippen molar-refractivity contribution in [1.82, 2.24) is 19.4 Å². The fourth-order valence-corrected chi connectivity index (χ4v) is 1.70. The Labute approximate surface area is 119 Å². The Balaban J connectivity index is 2.11. The number of amides is 1. The van der Waals surface area contributed by atoms with Crippen LogP contribution in [-0.2, 0) is 0 Å². The van der Waals surface area contributed by atoms with Gasteiger partial charge in [0, 0.05) is 37.7 Å². The molecule has 21 heavy (non-hydrogen) atoms. The predicted molar refractivity (Wildman–Crippen MR) is 69.0 cm³/mol. The van der Waals surface area contributed by atoms with E-state index in [4.69, 9.17) is 0 Å². The van der Waals surface area contributed by atoms with Gasteiger partial charge in [-0.05, 0) is 12.1 Å². The van der Waals surface area contributed by atoms with Gasteiger partial charge in [-0.3, -0.25) is 9.36 Å². The molecule has 0 atom stereocenters. The van der Waals surface area contributed by atoms with Gasteiger partial charge in [0.2, 0.25) is 0 Å². The summed E-state index contributed by atoms with van der Waals surface area (Å²) in [4.78, 5) is 21.1. The Morgan fingerprint density at radius 2 is 2.14 bits per heavy atom. The van der Waals surface area contributed by atoms with Crippen LogP contribution in [0.25, 0.3) is 5.82 Å². The minimum absolute atomic E-state index is 0.276. The van der Waals surface area contributed by atoms with Crippen LogP contribution in [0.15, 0.2) is 37.1 Å². The number of aromatic nitrogens is 3. The number of hydrogen-bond acceptors (Lipinski definition) is 3. The quantitative estimate of drug-likeness (QED) is 0.870.